The lowest BCUT2D eigenvalue weighted by Gasteiger charge is -2.04. The van der Waals surface area contributed by atoms with Crippen LogP contribution in [0.4, 0.5) is 0 Å². The summed E-state index contributed by atoms with van der Waals surface area (Å²) in [5.74, 6) is 1.90. The predicted molar refractivity (Wildman–Crippen MR) is 93.6 cm³/mol. The van der Waals surface area contributed by atoms with Crippen molar-refractivity contribution < 1.29 is 4.52 Å². The Hall–Kier alpha value is -2.06. The highest BCUT2D eigenvalue weighted by Crippen LogP contribution is 2.25. The maximum atomic E-state index is 12.3. The van der Waals surface area contributed by atoms with Crippen molar-refractivity contribution in [2.75, 3.05) is 7.05 Å². The molecule has 0 aliphatic heterocycles. The van der Waals surface area contributed by atoms with E-state index in [0.29, 0.717) is 41.8 Å². The Morgan fingerprint density at radius 1 is 1.29 bits per heavy atom. The molecule has 0 bridgehead atoms. The zero-order chi connectivity index (χ0) is 17.3. The quantitative estimate of drug-likeness (QED) is 0.707. The molecule has 24 heavy (non-hydrogen) atoms. The highest BCUT2D eigenvalue weighted by molar-refractivity contribution is 7.18. The van der Waals surface area contributed by atoms with Gasteiger partial charge in [0.25, 0.3) is 5.56 Å². The molecular formula is C16H21N5O2S. The maximum Gasteiger partial charge on any atom is 0.259 e. The third-order valence-electron chi connectivity index (χ3n) is 4.16. The van der Waals surface area contributed by atoms with Gasteiger partial charge < -0.3 is 14.8 Å². The van der Waals surface area contributed by atoms with Gasteiger partial charge in [0.1, 0.15) is 10.7 Å². The Morgan fingerprint density at radius 3 is 2.83 bits per heavy atom. The van der Waals surface area contributed by atoms with Gasteiger partial charge >= 0.3 is 0 Å². The third kappa shape index (κ3) is 3.39. The van der Waals surface area contributed by atoms with Crippen LogP contribution in [0, 0.1) is 13.8 Å². The van der Waals surface area contributed by atoms with Crippen LogP contribution >= 0.6 is 11.3 Å². The molecule has 2 N–H and O–H groups in total. The molecule has 0 amide bonds. The Kier molecular flexibility index (Phi) is 4.77. The lowest BCUT2D eigenvalue weighted by molar-refractivity contribution is 0.370. The molecule has 3 heterocycles. The molecule has 0 aliphatic carbocycles. The topological polar surface area (TPSA) is 96.7 Å². The second-order valence-corrected chi connectivity index (χ2v) is 7.18. The zero-order valence-electron chi connectivity index (χ0n) is 14.3. The molecule has 0 aromatic carbocycles. The van der Waals surface area contributed by atoms with Crippen LogP contribution in [0.3, 0.4) is 0 Å². The van der Waals surface area contributed by atoms with Gasteiger partial charge in [0.15, 0.2) is 5.82 Å². The summed E-state index contributed by atoms with van der Waals surface area (Å²) in [5, 5.41) is 7.82. The lowest BCUT2D eigenvalue weighted by Crippen LogP contribution is -2.24. The molecule has 0 aliphatic rings. The number of hydrogen-bond donors (Lipinski definition) is 2. The summed E-state index contributed by atoms with van der Waals surface area (Å²) in [5.41, 5.74) is 0.932. The second kappa shape index (κ2) is 6.82. The van der Waals surface area contributed by atoms with Crippen molar-refractivity contribution in [1.82, 2.24) is 25.4 Å². The fourth-order valence-corrected chi connectivity index (χ4v) is 3.54. The number of H-pyrrole nitrogens is 1. The van der Waals surface area contributed by atoms with E-state index in [0.717, 1.165) is 21.7 Å². The molecule has 3 aromatic rings. The largest absolute Gasteiger partial charge is 0.339 e. The number of fused-ring (bicyclic) bond motifs is 1. The molecule has 3 rings (SSSR count). The van der Waals surface area contributed by atoms with Crippen LogP contribution in [0.1, 0.15) is 34.9 Å². The standard InChI is InChI=1S/C16H21N5O2S/c1-8(17-4)7-12-18-13(23-21-12)6-5-11-19-15(22)14-9(2)10(3)24-16(14)20-11/h8,17H,5-7H2,1-4H3,(H,19,20,22). The molecule has 0 fully saturated rings. The maximum absolute atomic E-state index is 12.3. The minimum atomic E-state index is -0.0779. The fourth-order valence-electron chi connectivity index (χ4n) is 2.49. The highest BCUT2D eigenvalue weighted by atomic mass is 32.1. The van der Waals surface area contributed by atoms with Crippen molar-refractivity contribution in [3.8, 4) is 0 Å². The summed E-state index contributed by atoms with van der Waals surface area (Å²) in [7, 11) is 1.90. The zero-order valence-corrected chi connectivity index (χ0v) is 15.1. The van der Waals surface area contributed by atoms with E-state index in [9.17, 15) is 4.79 Å². The number of nitrogens with one attached hydrogen (secondary N) is 2. The van der Waals surface area contributed by atoms with Crippen LogP contribution in [-0.2, 0) is 19.3 Å². The van der Waals surface area contributed by atoms with Crippen LogP contribution in [0.25, 0.3) is 10.2 Å². The summed E-state index contributed by atoms with van der Waals surface area (Å²) in [6, 6.07) is 0.293. The monoisotopic (exact) mass is 347 g/mol. The number of thiophene rings is 1. The summed E-state index contributed by atoms with van der Waals surface area (Å²) in [6.07, 6.45) is 1.83. The number of rotatable bonds is 6. The van der Waals surface area contributed by atoms with Crippen LogP contribution < -0.4 is 10.9 Å². The minimum absolute atomic E-state index is 0.0779. The number of hydrogen-bond acceptors (Lipinski definition) is 7. The van der Waals surface area contributed by atoms with Gasteiger partial charge in [-0.05, 0) is 33.4 Å². The van der Waals surface area contributed by atoms with Gasteiger partial charge in [-0.2, -0.15) is 4.98 Å². The molecule has 7 nitrogen and oxygen atoms in total. The Bertz CT molecular complexity index is 911. The SMILES string of the molecule is CNC(C)Cc1noc(CCc2nc3sc(C)c(C)c3c(=O)[nH]2)n1. The molecule has 0 saturated heterocycles. The van der Waals surface area contributed by atoms with Crippen LogP contribution in [0.5, 0.6) is 0 Å². The van der Waals surface area contributed by atoms with Gasteiger partial charge in [-0.25, -0.2) is 4.98 Å². The Labute approximate surface area is 143 Å². The first-order chi connectivity index (χ1) is 11.5. The van der Waals surface area contributed by atoms with Crippen molar-refractivity contribution in [2.45, 2.75) is 46.1 Å². The summed E-state index contributed by atoms with van der Waals surface area (Å²) in [6.45, 7) is 6.02. The fraction of sp³-hybridized carbons (Fsp3) is 0.500. The molecule has 0 radical (unpaired) electrons. The van der Waals surface area contributed by atoms with E-state index >= 15 is 0 Å². The Morgan fingerprint density at radius 2 is 2.08 bits per heavy atom. The van der Waals surface area contributed by atoms with Crippen molar-refractivity contribution in [1.29, 1.82) is 0 Å². The Balaban J connectivity index is 1.73. The first kappa shape index (κ1) is 16.8. The van der Waals surface area contributed by atoms with Gasteiger partial charge in [-0.1, -0.05) is 5.16 Å². The number of nitrogens with zero attached hydrogens (tertiary/aromatic N) is 3. The average Bonchev–Trinajstić information content (AvgIpc) is 3.10. The van der Waals surface area contributed by atoms with Crippen molar-refractivity contribution in [2.24, 2.45) is 0 Å². The van der Waals surface area contributed by atoms with E-state index < -0.39 is 0 Å². The molecule has 3 aromatic heterocycles. The third-order valence-corrected chi connectivity index (χ3v) is 5.26. The number of aryl methyl sites for hydroxylation is 4. The van der Waals surface area contributed by atoms with Crippen LogP contribution in [0.15, 0.2) is 9.32 Å². The molecule has 0 spiro atoms. The first-order valence-electron chi connectivity index (χ1n) is 7.95. The number of aromatic nitrogens is 4. The van der Waals surface area contributed by atoms with Crippen molar-refractivity contribution in [3.05, 3.63) is 38.3 Å². The van der Waals surface area contributed by atoms with E-state index in [2.05, 4.69) is 32.3 Å². The van der Waals surface area contributed by atoms with Gasteiger partial charge in [0.2, 0.25) is 5.89 Å². The predicted octanol–water partition coefficient (Wildman–Crippen LogP) is 1.92. The summed E-state index contributed by atoms with van der Waals surface area (Å²) < 4.78 is 5.27. The lowest BCUT2D eigenvalue weighted by atomic mass is 10.2. The van der Waals surface area contributed by atoms with Crippen LogP contribution in [-0.4, -0.2) is 33.2 Å². The van der Waals surface area contributed by atoms with E-state index in [1.165, 1.54) is 0 Å². The highest BCUT2D eigenvalue weighted by Gasteiger charge is 2.13. The van der Waals surface area contributed by atoms with Crippen molar-refractivity contribution in [3.63, 3.8) is 0 Å². The summed E-state index contributed by atoms with van der Waals surface area (Å²) in [4.78, 5) is 26.0. The molecule has 8 heteroatoms. The molecule has 1 atom stereocenters. The smallest absolute Gasteiger partial charge is 0.259 e. The number of aromatic amines is 1. The normalized spacial score (nSPS) is 12.8. The molecule has 1 unspecified atom stereocenters. The van der Waals surface area contributed by atoms with E-state index in [1.54, 1.807) is 11.3 Å². The second-order valence-electron chi connectivity index (χ2n) is 5.97. The average molecular weight is 347 g/mol. The van der Waals surface area contributed by atoms with E-state index in [-0.39, 0.29) is 5.56 Å². The molecular weight excluding hydrogens is 326 g/mol. The van der Waals surface area contributed by atoms with Gasteiger partial charge in [0, 0.05) is 30.2 Å². The molecule has 0 saturated carbocycles. The molecule has 128 valence electrons. The first-order valence-corrected chi connectivity index (χ1v) is 8.77. The van der Waals surface area contributed by atoms with Gasteiger partial charge in [-0.3, -0.25) is 4.79 Å². The summed E-state index contributed by atoms with van der Waals surface area (Å²) >= 11 is 1.55. The van der Waals surface area contributed by atoms with E-state index in [1.807, 2.05) is 20.9 Å². The van der Waals surface area contributed by atoms with Crippen LogP contribution in [0.2, 0.25) is 0 Å². The van der Waals surface area contributed by atoms with Crippen molar-refractivity contribution >= 4 is 21.6 Å². The van der Waals surface area contributed by atoms with Gasteiger partial charge in [-0.15, -0.1) is 11.3 Å². The minimum Gasteiger partial charge on any atom is -0.339 e. The van der Waals surface area contributed by atoms with Gasteiger partial charge in [0.05, 0.1) is 5.39 Å². The van der Waals surface area contributed by atoms with E-state index in [4.69, 9.17) is 4.52 Å². The number of likely N-dealkylation sites (N-methyl/N-ethyl adjacent to an activating group) is 1.